The van der Waals surface area contributed by atoms with Crippen molar-refractivity contribution in [1.82, 2.24) is 9.80 Å². The fourth-order valence-corrected chi connectivity index (χ4v) is 7.11. The van der Waals surface area contributed by atoms with Gasteiger partial charge in [-0.05, 0) is 64.2 Å². The number of hydrogen-bond donors (Lipinski definition) is 4. The number of aliphatic hydroxyl groups excluding tert-OH is 2. The van der Waals surface area contributed by atoms with E-state index < -0.39 is 24.4 Å². The average Bonchev–Trinajstić information content (AvgIpc) is 3.36. The van der Waals surface area contributed by atoms with E-state index in [1.165, 1.54) is 51.4 Å². The zero-order chi connectivity index (χ0) is 37.7. The van der Waals surface area contributed by atoms with Gasteiger partial charge in [0.25, 0.3) is 0 Å². The van der Waals surface area contributed by atoms with Gasteiger partial charge in [-0.15, -0.1) is 13.2 Å². The molecule has 1 fully saturated rings. The number of carbonyl (C=O) groups excluding carboxylic acids is 2. The third-order valence-electron chi connectivity index (χ3n) is 10.6. The molecule has 1 heterocycles. The van der Waals surface area contributed by atoms with Crippen LogP contribution in [0.2, 0.25) is 0 Å². The first kappa shape index (κ1) is 47.2. The summed E-state index contributed by atoms with van der Waals surface area (Å²) in [5.74, 6) is 0.502. The van der Waals surface area contributed by atoms with Crippen LogP contribution in [-0.2, 0) is 14.3 Å². The summed E-state index contributed by atoms with van der Waals surface area (Å²) < 4.78 is 6.10. The lowest BCUT2D eigenvalue weighted by atomic mass is 9.96. The molecule has 9 heteroatoms. The second kappa shape index (κ2) is 30.7. The van der Waals surface area contributed by atoms with Gasteiger partial charge < -0.3 is 36.2 Å². The van der Waals surface area contributed by atoms with E-state index in [2.05, 4.69) is 13.2 Å². The lowest BCUT2D eigenvalue weighted by Gasteiger charge is -2.20. The van der Waals surface area contributed by atoms with Crippen LogP contribution >= 0.6 is 0 Å². The van der Waals surface area contributed by atoms with Gasteiger partial charge in [-0.3, -0.25) is 9.59 Å². The van der Waals surface area contributed by atoms with Crippen molar-refractivity contribution in [2.75, 3.05) is 27.2 Å². The number of ether oxygens (including phenoxy) is 1. The second-order valence-corrected chi connectivity index (χ2v) is 15.4. The van der Waals surface area contributed by atoms with Crippen molar-refractivity contribution in [2.24, 2.45) is 11.5 Å². The Morgan fingerprint density at radius 2 is 0.902 bits per heavy atom. The van der Waals surface area contributed by atoms with Crippen LogP contribution in [0, 0.1) is 0 Å². The molecule has 1 saturated heterocycles. The fraction of sp³-hybridized carbons (Fsp3) is 0.857. The molecule has 0 spiro atoms. The quantitative estimate of drug-likeness (QED) is 0.0397. The highest BCUT2D eigenvalue weighted by atomic mass is 16.5. The molecule has 298 valence electrons. The van der Waals surface area contributed by atoms with Crippen LogP contribution in [0.15, 0.2) is 25.3 Å². The number of carbonyl (C=O) groups is 2. The number of hydrogen-bond acceptors (Lipinski definition) is 7. The van der Waals surface area contributed by atoms with Crippen LogP contribution in [0.4, 0.5) is 0 Å². The lowest BCUT2D eigenvalue weighted by molar-refractivity contribution is -0.130. The highest BCUT2D eigenvalue weighted by Crippen LogP contribution is 2.28. The van der Waals surface area contributed by atoms with E-state index >= 15 is 0 Å². The summed E-state index contributed by atoms with van der Waals surface area (Å²) in [5.41, 5.74) is 12.8. The molecule has 1 aliphatic heterocycles. The Morgan fingerprint density at radius 1 is 0.588 bits per heavy atom. The molecule has 2 amide bonds. The van der Waals surface area contributed by atoms with E-state index in [1.54, 1.807) is 0 Å². The lowest BCUT2D eigenvalue weighted by Crippen LogP contribution is -2.37. The molecule has 5 unspecified atom stereocenters. The molecule has 9 nitrogen and oxygen atoms in total. The normalized spacial score (nSPS) is 19.9. The molecule has 0 aromatic heterocycles. The molecular formula is C42H80N4O5. The Bertz CT molecular complexity index is 834. The van der Waals surface area contributed by atoms with Crippen molar-refractivity contribution in [3.63, 3.8) is 0 Å². The highest BCUT2D eigenvalue weighted by molar-refractivity contribution is 5.76. The smallest absolute Gasteiger partial charge is 0.222 e. The third-order valence-corrected chi connectivity index (χ3v) is 10.6. The van der Waals surface area contributed by atoms with Crippen molar-refractivity contribution in [3.05, 3.63) is 25.3 Å². The van der Waals surface area contributed by atoms with E-state index in [9.17, 15) is 19.8 Å². The fourth-order valence-electron chi connectivity index (χ4n) is 7.11. The Morgan fingerprint density at radius 3 is 1.24 bits per heavy atom. The first-order chi connectivity index (χ1) is 24.6. The Hall–Kier alpha value is -1.78. The van der Waals surface area contributed by atoms with E-state index in [0.29, 0.717) is 25.7 Å². The number of rotatable bonds is 34. The zero-order valence-corrected chi connectivity index (χ0v) is 33.0. The maximum absolute atomic E-state index is 12.2. The number of nitrogens with zero attached hydrogens (tertiary/aromatic N) is 2. The minimum Gasteiger partial charge on any atom is -0.388 e. The molecule has 1 rings (SSSR count). The molecule has 0 aromatic rings. The summed E-state index contributed by atoms with van der Waals surface area (Å²) in [5, 5.41) is 21.3. The molecule has 0 radical (unpaired) electrons. The maximum Gasteiger partial charge on any atom is 0.222 e. The average molecular weight is 721 g/mol. The summed E-state index contributed by atoms with van der Waals surface area (Å²) in [6.45, 7) is 9.08. The van der Waals surface area contributed by atoms with Crippen molar-refractivity contribution in [2.45, 2.75) is 203 Å². The first-order valence-corrected chi connectivity index (χ1v) is 20.8. The van der Waals surface area contributed by atoms with Gasteiger partial charge in [-0.2, -0.15) is 0 Å². The van der Waals surface area contributed by atoms with E-state index in [4.69, 9.17) is 16.2 Å². The van der Waals surface area contributed by atoms with Crippen molar-refractivity contribution < 1.29 is 24.5 Å². The number of amides is 2. The van der Waals surface area contributed by atoms with Crippen LogP contribution in [0.25, 0.3) is 0 Å². The zero-order valence-electron chi connectivity index (χ0n) is 33.0. The molecule has 0 saturated carbocycles. The van der Waals surface area contributed by atoms with Crippen LogP contribution in [0.5, 0.6) is 0 Å². The SMILES string of the molecule is C=CCCCN(C)C(=O)CCCCCCCCCCC(N)CC1OC(C[C@H](N)CCCCCCCCCCC(=O)N(C)CCCC=C)C(O)C1O. The minimum absolute atomic E-state index is 0.0571. The summed E-state index contributed by atoms with van der Waals surface area (Å²) in [6, 6.07) is -0.114. The van der Waals surface area contributed by atoms with Gasteiger partial charge >= 0.3 is 0 Å². The number of allylic oxidation sites excluding steroid dienone is 2. The van der Waals surface area contributed by atoms with Gasteiger partial charge in [-0.25, -0.2) is 0 Å². The first-order valence-electron chi connectivity index (χ1n) is 20.8. The molecule has 1 aliphatic rings. The Kier molecular flexibility index (Phi) is 28.4. The molecule has 6 atom stereocenters. The summed E-state index contributed by atoms with van der Waals surface area (Å²) in [7, 11) is 3.79. The number of unbranched alkanes of at least 4 members (excludes halogenated alkanes) is 16. The van der Waals surface area contributed by atoms with Gasteiger partial charge in [0, 0.05) is 52.1 Å². The molecule has 0 bridgehead atoms. The van der Waals surface area contributed by atoms with Gasteiger partial charge in [0.2, 0.25) is 11.8 Å². The van der Waals surface area contributed by atoms with Gasteiger partial charge in [0.1, 0.15) is 12.2 Å². The monoisotopic (exact) mass is 721 g/mol. The van der Waals surface area contributed by atoms with Gasteiger partial charge in [0.15, 0.2) is 0 Å². The van der Waals surface area contributed by atoms with Crippen LogP contribution in [-0.4, -0.2) is 95.5 Å². The topological polar surface area (TPSA) is 142 Å². The van der Waals surface area contributed by atoms with Gasteiger partial charge in [-0.1, -0.05) is 102 Å². The predicted octanol–water partition coefficient (Wildman–Crippen LogP) is 7.56. The van der Waals surface area contributed by atoms with Gasteiger partial charge in [0.05, 0.1) is 12.2 Å². The number of aliphatic hydroxyl groups is 2. The highest BCUT2D eigenvalue weighted by Gasteiger charge is 2.43. The van der Waals surface area contributed by atoms with Crippen LogP contribution in [0.1, 0.15) is 167 Å². The molecular weight excluding hydrogens is 640 g/mol. The van der Waals surface area contributed by atoms with E-state index in [-0.39, 0.29) is 23.9 Å². The van der Waals surface area contributed by atoms with Crippen LogP contribution < -0.4 is 11.5 Å². The van der Waals surface area contributed by atoms with Crippen LogP contribution in [0.3, 0.4) is 0 Å². The van der Waals surface area contributed by atoms with Crippen molar-refractivity contribution in [3.8, 4) is 0 Å². The molecule has 0 aliphatic carbocycles. The van der Waals surface area contributed by atoms with Crippen molar-refractivity contribution in [1.29, 1.82) is 0 Å². The second-order valence-electron chi connectivity index (χ2n) is 15.4. The molecule has 51 heavy (non-hydrogen) atoms. The Labute approximate surface area is 313 Å². The molecule has 6 N–H and O–H groups in total. The Balaban J connectivity index is 2.04. The minimum atomic E-state index is -0.914. The van der Waals surface area contributed by atoms with E-state index in [1.807, 2.05) is 36.0 Å². The number of nitrogens with two attached hydrogens (primary N) is 2. The summed E-state index contributed by atoms with van der Waals surface area (Å²) in [6.07, 6.45) is 27.3. The standard InChI is InChI=1S/C42H80N4O5/c1-5-7-25-31-45(3)39(47)29-23-19-15-11-9-13-17-21-27-35(43)33-37-41(49)42(50)38(51-37)34-36(44)28-22-18-14-10-12-16-20-24-30-40(48)46(4)32-26-8-6-2/h5-6,35-38,41-42,49-50H,1-2,7-34,43-44H2,3-4H3/t35-,36?,37?,38?,41?,42?/m1/s1. The molecule has 0 aromatic carbocycles. The third kappa shape index (κ3) is 23.5. The largest absolute Gasteiger partial charge is 0.388 e. The summed E-state index contributed by atoms with van der Waals surface area (Å²) in [4.78, 5) is 28.0. The van der Waals surface area contributed by atoms with E-state index in [0.717, 1.165) is 103 Å². The summed E-state index contributed by atoms with van der Waals surface area (Å²) >= 11 is 0. The predicted molar refractivity (Wildman–Crippen MR) is 212 cm³/mol. The van der Waals surface area contributed by atoms with Crippen molar-refractivity contribution >= 4 is 11.8 Å². The maximum atomic E-state index is 12.2.